The van der Waals surface area contributed by atoms with Gasteiger partial charge in [0.1, 0.15) is 56.5 Å². The van der Waals surface area contributed by atoms with E-state index >= 15 is 0 Å². The van der Waals surface area contributed by atoms with Crippen LogP contribution in [-0.4, -0.2) is 94.6 Å². The number of esters is 2. The largest absolute Gasteiger partial charge is 0.507 e. The van der Waals surface area contributed by atoms with Crippen LogP contribution in [0.25, 0.3) is 44.6 Å². The minimum absolute atomic E-state index is 0.0323. The van der Waals surface area contributed by atoms with Crippen molar-refractivity contribution in [3.05, 3.63) is 114 Å². The van der Waals surface area contributed by atoms with E-state index in [-0.39, 0.29) is 62.9 Å². The van der Waals surface area contributed by atoms with Gasteiger partial charge in [-0.25, -0.2) is 0 Å². The van der Waals surface area contributed by atoms with Crippen molar-refractivity contribution in [2.75, 3.05) is 40.3 Å². The van der Waals surface area contributed by atoms with Crippen molar-refractivity contribution in [2.24, 2.45) is 0 Å². The van der Waals surface area contributed by atoms with Gasteiger partial charge >= 0.3 is 11.9 Å². The van der Waals surface area contributed by atoms with Gasteiger partial charge in [-0.1, -0.05) is 54.4 Å². The molecule has 6 aromatic rings. The third kappa shape index (κ3) is 9.47. The van der Waals surface area contributed by atoms with Crippen LogP contribution in [0.15, 0.2) is 91.2 Å². The Morgan fingerprint density at radius 2 is 1.11 bits per heavy atom. The van der Waals surface area contributed by atoms with Crippen molar-refractivity contribution in [3.8, 4) is 45.6 Å². The number of hydrogen-bond acceptors (Lipinski definition) is 14. The third-order valence-electron chi connectivity index (χ3n) is 11.3. The molecule has 4 heterocycles. The van der Waals surface area contributed by atoms with E-state index in [1.165, 1.54) is 31.2 Å². The first-order chi connectivity index (χ1) is 30.1. The monoisotopic (exact) mass is 900 g/mol. The molecule has 2 fully saturated rings. The lowest BCUT2D eigenvalue weighted by Gasteiger charge is -2.34. The number of likely N-dealkylation sites (tertiary alicyclic amines) is 2. The number of carbonyl (C=O) groups is 2. The van der Waals surface area contributed by atoms with E-state index in [0.29, 0.717) is 71.3 Å². The van der Waals surface area contributed by atoms with Crippen LogP contribution in [0.1, 0.15) is 56.1 Å². The average Bonchev–Trinajstić information content (AvgIpc) is 3.22. The van der Waals surface area contributed by atoms with Crippen LogP contribution in [0.4, 0.5) is 0 Å². The third-order valence-corrected chi connectivity index (χ3v) is 12.0. The molecular weight excluding hydrogens is 855 g/mol. The van der Waals surface area contributed by atoms with Crippen LogP contribution in [0.3, 0.4) is 0 Å². The quantitative estimate of drug-likeness (QED) is 0.0910. The molecule has 0 radical (unpaired) electrons. The molecule has 0 unspecified atom stereocenters. The van der Waals surface area contributed by atoms with Gasteiger partial charge in [-0.2, -0.15) is 0 Å². The first kappa shape index (κ1) is 45.3. The maximum Gasteiger partial charge on any atom is 0.310 e. The van der Waals surface area contributed by atoms with Crippen molar-refractivity contribution in [3.63, 3.8) is 0 Å². The Morgan fingerprint density at radius 1 is 0.698 bits per heavy atom. The fourth-order valence-corrected chi connectivity index (χ4v) is 8.74. The van der Waals surface area contributed by atoms with Gasteiger partial charge in [-0.05, 0) is 64.3 Å². The summed E-state index contributed by atoms with van der Waals surface area (Å²) in [5.74, 6) is -2.26. The lowest BCUT2D eigenvalue weighted by atomic mass is 9.85. The molecule has 0 amide bonds. The number of rotatable bonds is 7. The molecule has 2 aliphatic heterocycles. The number of β-amino-alcohol motifs (C(OH)–C–C–N with tert-alkyl or cyclic N) is 2. The second-order valence-electron chi connectivity index (χ2n) is 15.8. The molecule has 14 nitrogen and oxygen atoms in total. The Balaban J connectivity index is 0.000000189. The van der Waals surface area contributed by atoms with Crippen LogP contribution < -0.4 is 20.3 Å². The van der Waals surface area contributed by atoms with Gasteiger partial charge in [0.2, 0.25) is 0 Å². The summed E-state index contributed by atoms with van der Waals surface area (Å²) < 4.78 is 22.8. The summed E-state index contributed by atoms with van der Waals surface area (Å²) in [6.45, 7) is 5.05. The first-order valence-electron chi connectivity index (χ1n) is 20.4. The van der Waals surface area contributed by atoms with Crippen LogP contribution in [0, 0.1) is 0 Å². The summed E-state index contributed by atoms with van der Waals surface area (Å²) >= 11 is 12.6. The van der Waals surface area contributed by atoms with Crippen molar-refractivity contribution < 1.29 is 48.3 Å². The molecule has 0 bridgehead atoms. The van der Waals surface area contributed by atoms with Gasteiger partial charge in [0.25, 0.3) is 0 Å². The van der Waals surface area contributed by atoms with Crippen molar-refractivity contribution in [2.45, 2.75) is 57.2 Å². The fraction of sp³-hybridized carbons (Fsp3) is 0.319. The van der Waals surface area contributed by atoms with E-state index in [4.69, 9.17) is 41.5 Å². The molecule has 4 atom stereocenters. The number of halogens is 2. The summed E-state index contributed by atoms with van der Waals surface area (Å²) in [6, 6.07) is 18.9. The second kappa shape index (κ2) is 18.9. The maximum absolute atomic E-state index is 13.2. The van der Waals surface area contributed by atoms with Crippen LogP contribution in [0.2, 0.25) is 10.0 Å². The van der Waals surface area contributed by atoms with Crippen molar-refractivity contribution >= 4 is 57.1 Å². The molecule has 4 N–H and O–H groups in total. The molecule has 2 saturated heterocycles. The number of piperidine rings is 2. The molecule has 0 aliphatic carbocycles. The van der Waals surface area contributed by atoms with Crippen molar-refractivity contribution in [1.82, 2.24) is 9.80 Å². The number of hydrogen-bond donors (Lipinski definition) is 4. The molecule has 8 rings (SSSR count). The highest BCUT2D eigenvalue weighted by atomic mass is 35.5. The molecule has 0 spiro atoms. The van der Waals surface area contributed by atoms with Gasteiger partial charge in [-0.3, -0.25) is 19.2 Å². The Morgan fingerprint density at radius 3 is 1.49 bits per heavy atom. The first-order valence-corrected chi connectivity index (χ1v) is 21.1. The van der Waals surface area contributed by atoms with Gasteiger partial charge in [0.15, 0.2) is 10.9 Å². The summed E-state index contributed by atoms with van der Waals surface area (Å²) in [4.78, 5) is 53.8. The number of phenolic OH excluding ortho intramolecular Hbond substituents is 2. The van der Waals surface area contributed by atoms with Crippen LogP contribution >= 0.6 is 23.2 Å². The zero-order valence-corrected chi connectivity index (χ0v) is 36.4. The number of phenols is 2. The fourth-order valence-electron chi connectivity index (χ4n) is 8.28. The van der Waals surface area contributed by atoms with Gasteiger partial charge in [-0.15, -0.1) is 0 Å². The number of carbonyl (C=O) groups excluding carboxylic acids is 2. The van der Waals surface area contributed by atoms with E-state index in [2.05, 4.69) is 0 Å². The maximum atomic E-state index is 13.2. The van der Waals surface area contributed by atoms with Crippen molar-refractivity contribution in [1.29, 1.82) is 0 Å². The minimum atomic E-state index is -0.777. The topological polar surface area (TPSA) is 200 Å². The number of fused-ring (bicyclic) bond motifs is 2. The van der Waals surface area contributed by atoms with E-state index < -0.39 is 46.8 Å². The molecule has 2 aromatic heterocycles. The molecule has 330 valence electrons. The molecule has 16 heteroatoms. The van der Waals surface area contributed by atoms with E-state index in [1.54, 1.807) is 55.5 Å². The Labute approximate surface area is 371 Å². The zero-order valence-electron chi connectivity index (χ0n) is 34.9. The normalized spacial score (nSPS) is 19.4. The molecule has 2 aliphatic rings. The highest BCUT2D eigenvalue weighted by molar-refractivity contribution is 6.33. The number of aromatic hydroxyl groups is 2. The number of ether oxygens (including phenoxy) is 2. The highest BCUT2D eigenvalue weighted by Crippen LogP contribution is 2.45. The summed E-state index contributed by atoms with van der Waals surface area (Å²) in [6.07, 6.45) is -0.356. The van der Waals surface area contributed by atoms with E-state index in [0.717, 1.165) is 0 Å². The smallest absolute Gasteiger partial charge is 0.310 e. The predicted octanol–water partition coefficient (Wildman–Crippen LogP) is 7.44. The molecule has 4 aromatic carbocycles. The lowest BCUT2D eigenvalue weighted by Crippen LogP contribution is -2.40. The number of nitrogens with zero attached hydrogens (tertiary/aromatic N) is 2. The SMILES string of the molecule is CC(=O)Oc1cc(O)c([C@H]2CCN(C)C[C@H]2O)c2oc(-c3ccccc3Cl)cc(=O)c12.CCC(=O)Oc1cc(O)c([C@H]2CCN(C)C[C@H]2O)c2oc(-c3ccccc3Cl)cc(=O)c12. The molecule has 0 saturated carbocycles. The number of aliphatic hydroxyl groups is 2. The standard InChI is InChI=1S/C24H24ClNO6.C23H22ClNO6/c1-3-21(30)31-20-11-16(27)22(14-8-9-26(2)12-18(14)29)24-23(20)17(28)10-19(32-24)13-6-4-5-7-15(13)25;1-12(26)30-20-10-16(27)21(14-7-8-25(2)11-18(14)29)23-22(20)17(28)9-19(31-23)13-5-3-4-6-15(13)24/h4-7,10-11,14,18,27,29H,3,8-9,12H2,1-2H3;3-6,9-10,14,18,27,29H,7-8,11H2,1-2H3/t2*14-,18+/m00/s1. The van der Waals surface area contributed by atoms with E-state index in [9.17, 15) is 39.6 Å². The van der Waals surface area contributed by atoms with Gasteiger partial charge in [0.05, 0.1) is 22.3 Å². The highest BCUT2D eigenvalue weighted by Gasteiger charge is 2.35. The van der Waals surface area contributed by atoms with Gasteiger partial charge < -0.3 is 48.5 Å². The molecular formula is C47H46Cl2N2O12. The summed E-state index contributed by atoms with van der Waals surface area (Å²) in [5.41, 5.74) is 0.932. The Hall–Kier alpha value is -5.74. The predicted molar refractivity (Wildman–Crippen MR) is 238 cm³/mol. The summed E-state index contributed by atoms with van der Waals surface area (Å²) in [5, 5.41) is 44.1. The summed E-state index contributed by atoms with van der Waals surface area (Å²) in [7, 11) is 3.80. The zero-order chi connectivity index (χ0) is 45.3. The minimum Gasteiger partial charge on any atom is -0.507 e. The Bertz CT molecular complexity index is 2840. The van der Waals surface area contributed by atoms with Crippen LogP contribution in [0.5, 0.6) is 23.0 Å². The Kier molecular flexibility index (Phi) is 13.6. The van der Waals surface area contributed by atoms with Crippen LogP contribution in [-0.2, 0) is 9.59 Å². The second-order valence-corrected chi connectivity index (χ2v) is 16.6. The van der Waals surface area contributed by atoms with Gasteiger partial charge in [0, 0.05) is 84.8 Å². The number of benzene rings is 4. The number of aliphatic hydroxyl groups excluding tert-OH is 2. The lowest BCUT2D eigenvalue weighted by molar-refractivity contribution is -0.134. The molecule has 63 heavy (non-hydrogen) atoms. The van der Waals surface area contributed by atoms with E-state index in [1.807, 2.05) is 23.9 Å². The average molecular weight is 902 g/mol. The number of likely N-dealkylation sites (N-methyl/N-ethyl adjacent to an activating group) is 2.